The summed E-state index contributed by atoms with van der Waals surface area (Å²) in [6, 6.07) is 8.39. The van der Waals surface area contributed by atoms with Crippen LogP contribution in [-0.4, -0.2) is 35.7 Å². The molecule has 1 aliphatic rings. The molecule has 4 heteroatoms. The first kappa shape index (κ1) is 14.7. The van der Waals surface area contributed by atoms with E-state index in [-0.39, 0.29) is 11.8 Å². The molecule has 0 spiro atoms. The monoisotopic (exact) mass is 299 g/mol. The molecule has 1 aliphatic carbocycles. The number of carbonyl (C=O) groups excluding carboxylic acids is 1. The van der Waals surface area contributed by atoms with Gasteiger partial charge < -0.3 is 4.90 Å². The first-order valence-electron chi connectivity index (χ1n) is 6.73. The van der Waals surface area contributed by atoms with E-state index in [1.165, 1.54) is 11.1 Å². The number of carbonyl (C=O) groups is 1. The van der Waals surface area contributed by atoms with Crippen LogP contribution in [0.3, 0.4) is 0 Å². The number of hydrogen-bond acceptors (Lipinski definition) is 1. The van der Waals surface area contributed by atoms with Crippen molar-refractivity contribution in [3.8, 4) is 0 Å². The summed E-state index contributed by atoms with van der Waals surface area (Å²) in [5.74, 6) is 1.22. The highest BCUT2D eigenvalue weighted by atomic mass is 35.5. The minimum atomic E-state index is 0.0846. The van der Waals surface area contributed by atoms with Gasteiger partial charge in [-0.2, -0.15) is 0 Å². The molecule has 0 heterocycles. The largest absolute Gasteiger partial charge is 0.340 e. The van der Waals surface area contributed by atoms with Gasteiger partial charge in [-0.3, -0.25) is 4.79 Å². The topological polar surface area (TPSA) is 20.3 Å². The average molecular weight is 300 g/mol. The summed E-state index contributed by atoms with van der Waals surface area (Å²) in [5, 5.41) is 0. The third-order valence-corrected chi connectivity index (χ3v) is 4.05. The van der Waals surface area contributed by atoms with E-state index >= 15 is 0 Å². The molecule has 0 saturated heterocycles. The Labute approximate surface area is 124 Å². The molecule has 0 radical (unpaired) electrons. The van der Waals surface area contributed by atoms with Gasteiger partial charge in [-0.15, -0.1) is 23.2 Å². The molecule has 1 aromatic rings. The van der Waals surface area contributed by atoms with Gasteiger partial charge in [-0.05, 0) is 30.4 Å². The minimum Gasteiger partial charge on any atom is -0.340 e. The van der Waals surface area contributed by atoms with E-state index in [4.69, 9.17) is 23.2 Å². The van der Waals surface area contributed by atoms with Gasteiger partial charge in [0.25, 0.3) is 0 Å². The molecule has 0 N–H and O–H groups in total. The Morgan fingerprint density at radius 1 is 1.16 bits per heavy atom. The van der Waals surface area contributed by atoms with Gasteiger partial charge in [-0.1, -0.05) is 24.3 Å². The predicted octanol–water partition coefficient (Wildman–Crippen LogP) is 3.10. The van der Waals surface area contributed by atoms with E-state index in [1.54, 1.807) is 4.90 Å². The van der Waals surface area contributed by atoms with Crippen molar-refractivity contribution in [2.24, 2.45) is 5.92 Å². The highest BCUT2D eigenvalue weighted by Gasteiger charge is 2.27. The van der Waals surface area contributed by atoms with E-state index < -0.39 is 0 Å². The van der Waals surface area contributed by atoms with Crippen molar-refractivity contribution in [1.29, 1.82) is 0 Å². The van der Waals surface area contributed by atoms with Gasteiger partial charge in [0.15, 0.2) is 0 Å². The minimum absolute atomic E-state index is 0.0846. The zero-order chi connectivity index (χ0) is 13.7. The van der Waals surface area contributed by atoms with Crippen molar-refractivity contribution in [3.63, 3.8) is 0 Å². The van der Waals surface area contributed by atoms with Gasteiger partial charge in [0, 0.05) is 30.8 Å². The van der Waals surface area contributed by atoms with Crippen LogP contribution in [0.4, 0.5) is 0 Å². The van der Waals surface area contributed by atoms with Crippen LogP contribution in [0.1, 0.15) is 17.5 Å². The summed E-state index contributed by atoms with van der Waals surface area (Å²) >= 11 is 11.5. The Kier molecular flexibility index (Phi) is 5.53. The normalized spacial score (nSPS) is 17.9. The summed E-state index contributed by atoms with van der Waals surface area (Å²) in [4.78, 5) is 14.3. The standard InChI is InChI=1S/C15H19Cl2NO/c16-7-9-18(10-8-17)15(19)14-6-5-12-3-1-2-4-13(12)11-14/h1-4,14H,5-11H2. The van der Waals surface area contributed by atoms with Crippen LogP contribution in [0.2, 0.25) is 0 Å². The smallest absolute Gasteiger partial charge is 0.226 e. The van der Waals surface area contributed by atoms with E-state index in [1.807, 2.05) is 6.07 Å². The Hall–Kier alpha value is -0.730. The molecule has 0 fully saturated rings. The molecular formula is C15H19Cl2NO. The number of alkyl halides is 2. The number of hydrogen-bond donors (Lipinski definition) is 0. The Morgan fingerprint density at radius 3 is 2.42 bits per heavy atom. The third kappa shape index (κ3) is 3.64. The molecular weight excluding hydrogens is 281 g/mol. The molecule has 0 aromatic heterocycles. The van der Waals surface area contributed by atoms with Crippen molar-refractivity contribution in [2.45, 2.75) is 19.3 Å². The molecule has 2 rings (SSSR count). The van der Waals surface area contributed by atoms with E-state index in [9.17, 15) is 4.79 Å². The van der Waals surface area contributed by atoms with Crippen LogP contribution in [-0.2, 0) is 17.6 Å². The number of aryl methyl sites for hydroxylation is 1. The zero-order valence-electron chi connectivity index (χ0n) is 10.9. The van der Waals surface area contributed by atoms with Crippen molar-refractivity contribution in [3.05, 3.63) is 35.4 Å². The highest BCUT2D eigenvalue weighted by Crippen LogP contribution is 2.26. The number of nitrogens with zero attached hydrogens (tertiary/aromatic N) is 1. The first-order valence-corrected chi connectivity index (χ1v) is 7.80. The van der Waals surface area contributed by atoms with Crippen LogP contribution >= 0.6 is 23.2 Å². The van der Waals surface area contributed by atoms with Crippen molar-refractivity contribution < 1.29 is 4.79 Å². The van der Waals surface area contributed by atoms with Gasteiger partial charge in [0.05, 0.1) is 0 Å². The van der Waals surface area contributed by atoms with E-state index in [0.29, 0.717) is 24.8 Å². The fourth-order valence-corrected chi connectivity index (χ4v) is 3.11. The number of fused-ring (bicyclic) bond motifs is 1. The quantitative estimate of drug-likeness (QED) is 0.765. The molecule has 0 saturated carbocycles. The van der Waals surface area contributed by atoms with Crippen LogP contribution in [0.15, 0.2) is 24.3 Å². The number of benzene rings is 1. The lowest BCUT2D eigenvalue weighted by molar-refractivity contribution is -0.135. The fourth-order valence-electron chi connectivity index (χ4n) is 2.70. The Bertz CT molecular complexity index is 430. The number of halogens is 2. The SMILES string of the molecule is O=C(C1CCc2ccccc2C1)N(CCCl)CCCl. The molecule has 0 bridgehead atoms. The zero-order valence-corrected chi connectivity index (χ0v) is 12.5. The molecule has 1 unspecified atom stereocenters. The average Bonchev–Trinajstić information content (AvgIpc) is 2.46. The molecule has 2 nitrogen and oxygen atoms in total. The summed E-state index contributed by atoms with van der Waals surface area (Å²) in [6.45, 7) is 1.18. The second kappa shape index (κ2) is 7.16. The Morgan fingerprint density at radius 2 is 1.79 bits per heavy atom. The van der Waals surface area contributed by atoms with Gasteiger partial charge in [0.1, 0.15) is 0 Å². The lowest BCUT2D eigenvalue weighted by Crippen LogP contribution is -2.40. The van der Waals surface area contributed by atoms with Gasteiger partial charge >= 0.3 is 0 Å². The van der Waals surface area contributed by atoms with Crippen LogP contribution in [0.25, 0.3) is 0 Å². The van der Waals surface area contributed by atoms with Crippen molar-refractivity contribution in [1.82, 2.24) is 4.90 Å². The lowest BCUT2D eigenvalue weighted by Gasteiger charge is -2.29. The summed E-state index contributed by atoms with van der Waals surface area (Å²) in [5.41, 5.74) is 2.69. The second-order valence-electron chi connectivity index (χ2n) is 4.91. The summed E-state index contributed by atoms with van der Waals surface area (Å²) in [6.07, 6.45) is 2.76. The van der Waals surface area contributed by atoms with Gasteiger partial charge in [0.2, 0.25) is 5.91 Å². The molecule has 1 atom stereocenters. The molecule has 1 aromatic carbocycles. The number of rotatable bonds is 5. The maximum Gasteiger partial charge on any atom is 0.226 e. The lowest BCUT2D eigenvalue weighted by atomic mass is 9.83. The van der Waals surface area contributed by atoms with Crippen LogP contribution < -0.4 is 0 Å². The fraction of sp³-hybridized carbons (Fsp3) is 0.533. The van der Waals surface area contributed by atoms with Crippen LogP contribution in [0, 0.1) is 5.92 Å². The summed E-state index contributed by atoms with van der Waals surface area (Å²) < 4.78 is 0. The number of amides is 1. The third-order valence-electron chi connectivity index (χ3n) is 3.72. The predicted molar refractivity (Wildman–Crippen MR) is 80.0 cm³/mol. The van der Waals surface area contributed by atoms with Gasteiger partial charge in [-0.25, -0.2) is 0 Å². The molecule has 1 amide bonds. The molecule has 0 aliphatic heterocycles. The maximum absolute atomic E-state index is 12.5. The molecule has 104 valence electrons. The van der Waals surface area contributed by atoms with Crippen molar-refractivity contribution >= 4 is 29.1 Å². The van der Waals surface area contributed by atoms with Crippen LogP contribution in [0.5, 0.6) is 0 Å². The van der Waals surface area contributed by atoms with E-state index in [2.05, 4.69) is 18.2 Å². The first-order chi connectivity index (χ1) is 9.26. The summed E-state index contributed by atoms with van der Waals surface area (Å²) in [7, 11) is 0. The van der Waals surface area contributed by atoms with E-state index in [0.717, 1.165) is 19.3 Å². The van der Waals surface area contributed by atoms with Crippen molar-refractivity contribution in [2.75, 3.05) is 24.8 Å². The maximum atomic E-state index is 12.5. The second-order valence-corrected chi connectivity index (χ2v) is 5.67. The molecule has 19 heavy (non-hydrogen) atoms. The highest BCUT2D eigenvalue weighted by molar-refractivity contribution is 6.18. The Balaban J connectivity index is 2.04.